The van der Waals surface area contributed by atoms with Crippen LogP contribution < -0.4 is 5.32 Å². The predicted molar refractivity (Wildman–Crippen MR) is 78.3 cm³/mol. The van der Waals surface area contributed by atoms with E-state index in [4.69, 9.17) is 38.6 Å². The van der Waals surface area contributed by atoms with Crippen LogP contribution in [-0.2, 0) is 13.8 Å². The summed E-state index contributed by atoms with van der Waals surface area (Å²) in [5.41, 5.74) is -0.366. The van der Waals surface area contributed by atoms with Crippen molar-refractivity contribution in [1.82, 2.24) is 5.32 Å². The van der Waals surface area contributed by atoms with Crippen molar-refractivity contribution < 1.29 is 22.3 Å². The Balaban J connectivity index is 3.15. The number of hydrogen-bond acceptors (Lipinski definition) is 4. The molecule has 1 aromatic rings. The van der Waals surface area contributed by atoms with Crippen LogP contribution in [0.1, 0.15) is 16.8 Å². The van der Waals surface area contributed by atoms with Crippen LogP contribution >= 0.6 is 33.9 Å². The number of methoxy groups -OCH3 is 1. The molecular formula is C11H11Cl3FNO4S. The quantitative estimate of drug-likeness (QED) is 0.469. The van der Waals surface area contributed by atoms with E-state index in [9.17, 15) is 17.6 Å². The van der Waals surface area contributed by atoms with Gasteiger partial charge < -0.3 is 10.1 Å². The first-order valence-electron chi connectivity index (χ1n) is 5.59. The van der Waals surface area contributed by atoms with Crippen molar-refractivity contribution in [2.24, 2.45) is 0 Å². The van der Waals surface area contributed by atoms with Crippen LogP contribution in [0.3, 0.4) is 0 Å². The van der Waals surface area contributed by atoms with Crippen molar-refractivity contribution in [1.29, 1.82) is 0 Å². The molecule has 0 atom stereocenters. The molecule has 5 nitrogen and oxygen atoms in total. The lowest BCUT2D eigenvalue weighted by Gasteiger charge is -2.11. The Labute approximate surface area is 135 Å². The molecule has 0 aliphatic carbocycles. The summed E-state index contributed by atoms with van der Waals surface area (Å²) in [6.45, 7) is 0.667. The van der Waals surface area contributed by atoms with Gasteiger partial charge in [0, 0.05) is 30.9 Å². The van der Waals surface area contributed by atoms with E-state index < -0.39 is 35.7 Å². The van der Waals surface area contributed by atoms with Crippen molar-refractivity contribution in [3.05, 3.63) is 27.5 Å². The summed E-state index contributed by atoms with van der Waals surface area (Å²) >= 11 is 11.3. The van der Waals surface area contributed by atoms with Crippen LogP contribution in [0.25, 0.3) is 0 Å². The second-order valence-electron chi connectivity index (χ2n) is 3.90. The summed E-state index contributed by atoms with van der Waals surface area (Å²) in [5, 5.41) is 1.16. The SMILES string of the molecule is COCCCNC(=O)c1cc(F)c(Cl)c(S(=O)(=O)Cl)c1Cl. The highest BCUT2D eigenvalue weighted by atomic mass is 35.7. The van der Waals surface area contributed by atoms with Gasteiger partial charge in [0.15, 0.2) is 0 Å². The molecule has 10 heteroatoms. The second-order valence-corrected chi connectivity index (χ2v) is 7.16. The van der Waals surface area contributed by atoms with Gasteiger partial charge in [-0.05, 0) is 12.5 Å². The summed E-state index contributed by atoms with van der Waals surface area (Å²) in [4.78, 5) is 11.1. The maximum Gasteiger partial charge on any atom is 0.264 e. The van der Waals surface area contributed by atoms with E-state index in [0.29, 0.717) is 13.0 Å². The highest BCUT2D eigenvalue weighted by Gasteiger charge is 2.27. The van der Waals surface area contributed by atoms with Crippen LogP contribution in [0.15, 0.2) is 11.0 Å². The average molecular weight is 379 g/mol. The Morgan fingerprint density at radius 1 is 1.38 bits per heavy atom. The average Bonchev–Trinajstić information content (AvgIpc) is 2.37. The third kappa shape index (κ3) is 4.69. The van der Waals surface area contributed by atoms with Gasteiger partial charge >= 0.3 is 0 Å². The first-order chi connectivity index (χ1) is 9.70. The summed E-state index contributed by atoms with van der Waals surface area (Å²) in [6.07, 6.45) is 0.524. The number of carbonyl (C=O) groups is 1. The number of amides is 1. The van der Waals surface area contributed by atoms with Crippen LogP contribution in [0.5, 0.6) is 0 Å². The van der Waals surface area contributed by atoms with E-state index in [1.807, 2.05) is 0 Å². The lowest BCUT2D eigenvalue weighted by molar-refractivity contribution is 0.0948. The van der Waals surface area contributed by atoms with Gasteiger partial charge in [-0.1, -0.05) is 23.2 Å². The molecule has 1 amide bonds. The second kappa shape index (κ2) is 7.60. The molecule has 0 heterocycles. The zero-order chi connectivity index (χ0) is 16.2. The molecule has 0 unspecified atom stereocenters. The van der Waals surface area contributed by atoms with Gasteiger partial charge in [0.2, 0.25) is 0 Å². The van der Waals surface area contributed by atoms with Crippen molar-refractivity contribution >= 4 is 48.8 Å². The van der Waals surface area contributed by atoms with Crippen molar-refractivity contribution in [2.75, 3.05) is 20.3 Å². The van der Waals surface area contributed by atoms with E-state index in [2.05, 4.69) is 5.32 Å². The fraction of sp³-hybridized carbons (Fsp3) is 0.364. The van der Waals surface area contributed by atoms with Crippen molar-refractivity contribution in [2.45, 2.75) is 11.3 Å². The topological polar surface area (TPSA) is 72.5 Å². The summed E-state index contributed by atoms with van der Waals surface area (Å²) in [6, 6.07) is 0.752. The number of ether oxygens (including phenoxy) is 1. The summed E-state index contributed by atoms with van der Waals surface area (Å²) < 4.78 is 41.2. The van der Waals surface area contributed by atoms with E-state index in [-0.39, 0.29) is 12.1 Å². The molecule has 0 radical (unpaired) electrons. The van der Waals surface area contributed by atoms with E-state index >= 15 is 0 Å². The normalized spacial score (nSPS) is 11.5. The number of benzene rings is 1. The molecule has 1 N–H and O–H groups in total. The minimum absolute atomic E-state index is 0.246. The minimum atomic E-state index is -4.40. The smallest absolute Gasteiger partial charge is 0.264 e. The Morgan fingerprint density at radius 2 is 2.00 bits per heavy atom. The van der Waals surface area contributed by atoms with Gasteiger partial charge in [0.25, 0.3) is 15.0 Å². The van der Waals surface area contributed by atoms with E-state index in [0.717, 1.165) is 6.07 Å². The van der Waals surface area contributed by atoms with Crippen LogP contribution in [0, 0.1) is 5.82 Å². The Kier molecular flexibility index (Phi) is 6.68. The molecule has 0 spiro atoms. The monoisotopic (exact) mass is 377 g/mol. The van der Waals surface area contributed by atoms with Gasteiger partial charge in [0.05, 0.1) is 15.6 Å². The number of rotatable bonds is 6. The van der Waals surface area contributed by atoms with Crippen molar-refractivity contribution in [3.8, 4) is 0 Å². The Morgan fingerprint density at radius 3 is 2.52 bits per heavy atom. The van der Waals surface area contributed by atoms with Gasteiger partial charge in [-0.2, -0.15) is 0 Å². The highest BCUT2D eigenvalue weighted by molar-refractivity contribution is 8.14. The molecule has 1 aromatic carbocycles. The molecule has 1 rings (SSSR count). The third-order valence-electron chi connectivity index (χ3n) is 2.42. The molecule has 0 fully saturated rings. The summed E-state index contributed by atoms with van der Waals surface area (Å²) in [7, 11) is 2.25. The Bertz CT molecular complexity index is 651. The highest BCUT2D eigenvalue weighted by Crippen LogP contribution is 2.36. The molecule has 21 heavy (non-hydrogen) atoms. The number of hydrogen-bond donors (Lipinski definition) is 1. The summed E-state index contributed by atoms with van der Waals surface area (Å²) in [5.74, 6) is -1.85. The predicted octanol–water partition coefficient (Wildman–Crippen LogP) is 2.83. The van der Waals surface area contributed by atoms with Gasteiger partial charge in [-0.15, -0.1) is 0 Å². The van der Waals surface area contributed by atoms with E-state index in [1.165, 1.54) is 7.11 Å². The maximum atomic E-state index is 13.6. The lowest BCUT2D eigenvalue weighted by atomic mass is 10.2. The fourth-order valence-electron chi connectivity index (χ4n) is 1.47. The van der Waals surface area contributed by atoms with Crippen LogP contribution in [-0.4, -0.2) is 34.6 Å². The molecule has 0 aliphatic rings. The minimum Gasteiger partial charge on any atom is -0.385 e. The molecule has 0 saturated carbocycles. The van der Waals surface area contributed by atoms with E-state index in [1.54, 1.807) is 0 Å². The number of carbonyl (C=O) groups excluding carboxylic acids is 1. The molecule has 0 saturated heterocycles. The molecule has 0 aliphatic heterocycles. The zero-order valence-electron chi connectivity index (χ0n) is 10.8. The third-order valence-corrected chi connectivity index (χ3v) is 4.76. The largest absolute Gasteiger partial charge is 0.385 e. The zero-order valence-corrected chi connectivity index (χ0v) is 13.8. The first-order valence-corrected chi connectivity index (χ1v) is 8.66. The van der Waals surface area contributed by atoms with Crippen LogP contribution in [0.4, 0.5) is 4.39 Å². The first kappa shape index (κ1) is 18.4. The molecule has 118 valence electrons. The lowest BCUT2D eigenvalue weighted by Crippen LogP contribution is -2.26. The number of halogens is 4. The van der Waals surface area contributed by atoms with Crippen molar-refractivity contribution in [3.63, 3.8) is 0 Å². The molecular weight excluding hydrogens is 368 g/mol. The van der Waals surface area contributed by atoms with Gasteiger partial charge in [0.1, 0.15) is 10.7 Å². The molecule has 0 bridgehead atoms. The number of nitrogens with one attached hydrogen (secondary N) is 1. The maximum absolute atomic E-state index is 13.6. The Hall–Kier alpha value is -0.600. The standard InChI is InChI=1S/C11H11Cl3FNO4S/c1-20-4-2-3-16-11(17)6-5-7(15)9(13)10(8(6)12)21(14,18)19/h5H,2-4H2,1H3,(H,16,17). The van der Waals surface area contributed by atoms with Gasteiger partial charge in [-0.3, -0.25) is 4.79 Å². The van der Waals surface area contributed by atoms with Crippen LogP contribution in [0.2, 0.25) is 10.0 Å². The van der Waals surface area contributed by atoms with Gasteiger partial charge in [-0.25, -0.2) is 12.8 Å². The fourth-order valence-corrected chi connectivity index (χ4v) is 3.85. The molecule has 0 aromatic heterocycles.